The van der Waals surface area contributed by atoms with E-state index in [0.29, 0.717) is 0 Å². The van der Waals surface area contributed by atoms with E-state index in [1.54, 1.807) is 11.3 Å². The molecule has 0 saturated heterocycles. The smallest absolute Gasteiger partial charge is 0.251 e. The Balaban J connectivity index is 1.79. The number of fused-ring (bicyclic) bond motifs is 7. The first kappa shape index (κ1) is 13.3. The van der Waals surface area contributed by atoms with E-state index in [4.69, 9.17) is 0 Å². The van der Waals surface area contributed by atoms with E-state index in [1.165, 1.54) is 20.9 Å². The third-order valence-electron chi connectivity index (χ3n) is 4.79. The van der Waals surface area contributed by atoms with Crippen LogP contribution < -0.4 is 4.57 Å². The van der Waals surface area contributed by atoms with E-state index in [2.05, 4.69) is 61.6 Å². The minimum atomic E-state index is 0.863. The van der Waals surface area contributed by atoms with Gasteiger partial charge in [-0.15, -0.1) is 0 Å². The summed E-state index contributed by atoms with van der Waals surface area (Å²) in [6, 6.07) is 18.8. The maximum absolute atomic E-state index is 4.68. The Morgan fingerprint density at radius 3 is 2.68 bits per heavy atom. The second-order valence-electron chi connectivity index (χ2n) is 6.20. The van der Waals surface area contributed by atoms with E-state index >= 15 is 0 Å². The minimum Gasteiger partial charge on any atom is -0.251 e. The largest absolute Gasteiger partial charge is 0.308 e. The molecule has 5 aromatic rings. The molecule has 25 heavy (non-hydrogen) atoms. The molecule has 6 rings (SSSR count). The second-order valence-corrected chi connectivity index (χ2v) is 7.20. The summed E-state index contributed by atoms with van der Waals surface area (Å²) in [7, 11) is 0. The highest BCUT2D eigenvalue weighted by atomic mass is 32.1. The van der Waals surface area contributed by atoms with Crippen molar-refractivity contribution >= 4 is 32.7 Å². The van der Waals surface area contributed by atoms with Crippen molar-refractivity contribution in [2.24, 2.45) is 0 Å². The third-order valence-corrected chi connectivity index (χ3v) is 5.98. The highest BCUT2D eigenvalue weighted by Gasteiger charge is 2.34. The predicted octanol–water partition coefficient (Wildman–Crippen LogP) is 3.95. The van der Waals surface area contributed by atoms with Gasteiger partial charge < -0.3 is 0 Å². The SMILES string of the molecule is c1ccc(-n2c3cccnc3c3sc4[n+](c32)Cc2cccnc2-4)cc1. The molecule has 118 valence electrons. The van der Waals surface area contributed by atoms with Gasteiger partial charge in [-0.3, -0.25) is 9.97 Å². The number of nitrogens with zero attached hydrogens (tertiary/aromatic N) is 4. The summed E-state index contributed by atoms with van der Waals surface area (Å²) in [6.07, 6.45) is 3.75. The van der Waals surface area contributed by atoms with Gasteiger partial charge in [-0.05, 0) is 30.3 Å². The van der Waals surface area contributed by atoms with Gasteiger partial charge in [0.25, 0.3) is 0 Å². The number of pyridine rings is 2. The Labute approximate surface area is 147 Å². The van der Waals surface area contributed by atoms with Gasteiger partial charge in [0.05, 0.1) is 0 Å². The average Bonchev–Trinajstić information content (AvgIpc) is 3.30. The van der Waals surface area contributed by atoms with Crippen LogP contribution in [0.3, 0.4) is 0 Å². The summed E-state index contributed by atoms with van der Waals surface area (Å²) >= 11 is 1.79. The first-order valence-corrected chi connectivity index (χ1v) is 9.05. The first-order valence-electron chi connectivity index (χ1n) is 8.23. The number of benzene rings is 1. The van der Waals surface area contributed by atoms with Crippen LogP contribution in [0.2, 0.25) is 0 Å². The summed E-state index contributed by atoms with van der Waals surface area (Å²) in [6.45, 7) is 0.863. The number of thiazole rings is 1. The quantitative estimate of drug-likeness (QED) is 0.424. The lowest BCUT2D eigenvalue weighted by Crippen LogP contribution is -2.32. The summed E-state index contributed by atoms with van der Waals surface area (Å²) in [4.78, 5) is 9.30. The normalized spacial score (nSPS) is 12.6. The van der Waals surface area contributed by atoms with Crippen LogP contribution in [0.15, 0.2) is 67.0 Å². The summed E-state index contributed by atoms with van der Waals surface area (Å²) in [5, 5.41) is 1.22. The van der Waals surface area contributed by atoms with Crippen molar-refractivity contribution in [1.29, 1.82) is 0 Å². The van der Waals surface area contributed by atoms with Crippen molar-refractivity contribution in [3.8, 4) is 16.4 Å². The molecule has 0 atom stereocenters. The fourth-order valence-corrected chi connectivity index (χ4v) is 5.03. The van der Waals surface area contributed by atoms with Crippen LogP contribution in [0.1, 0.15) is 5.56 Å². The van der Waals surface area contributed by atoms with Gasteiger partial charge >= 0.3 is 5.65 Å². The monoisotopic (exact) mass is 341 g/mol. The third kappa shape index (κ3) is 1.68. The van der Waals surface area contributed by atoms with Gasteiger partial charge in [0.2, 0.25) is 5.01 Å². The molecule has 0 fully saturated rings. The van der Waals surface area contributed by atoms with Crippen molar-refractivity contribution in [3.63, 3.8) is 0 Å². The van der Waals surface area contributed by atoms with Crippen molar-refractivity contribution in [2.45, 2.75) is 6.54 Å². The maximum atomic E-state index is 4.68. The predicted molar refractivity (Wildman–Crippen MR) is 99.0 cm³/mol. The topological polar surface area (TPSA) is 34.6 Å². The lowest BCUT2D eigenvalue weighted by molar-refractivity contribution is -0.644. The average molecular weight is 341 g/mol. The Morgan fingerprint density at radius 2 is 1.76 bits per heavy atom. The maximum Gasteiger partial charge on any atom is 0.308 e. The number of hydrogen-bond donors (Lipinski definition) is 0. The molecule has 4 nitrogen and oxygen atoms in total. The van der Waals surface area contributed by atoms with E-state index in [-0.39, 0.29) is 0 Å². The molecule has 5 heterocycles. The van der Waals surface area contributed by atoms with Gasteiger partial charge in [0.1, 0.15) is 23.4 Å². The fourth-order valence-electron chi connectivity index (χ4n) is 3.75. The van der Waals surface area contributed by atoms with Gasteiger partial charge in [-0.2, -0.15) is 4.57 Å². The molecular weight excluding hydrogens is 328 g/mol. The van der Waals surface area contributed by atoms with Gasteiger partial charge in [0.15, 0.2) is 10.2 Å². The Hall–Kier alpha value is -3.05. The van der Waals surface area contributed by atoms with Crippen LogP contribution in [0.25, 0.3) is 37.8 Å². The lowest BCUT2D eigenvalue weighted by Gasteiger charge is -2.00. The van der Waals surface area contributed by atoms with Gasteiger partial charge in [0, 0.05) is 18.0 Å². The van der Waals surface area contributed by atoms with Crippen LogP contribution in [-0.2, 0) is 6.54 Å². The van der Waals surface area contributed by atoms with Crippen molar-refractivity contribution in [1.82, 2.24) is 14.5 Å². The van der Waals surface area contributed by atoms with Gasteiger partial charge in [-0.25, -0.2) is 4.57 Å². The molecule has 1 aliphatic heterocycles. The molecule has 0 bridgehead atoms. The van der Waals surface area contributed by atoms with Crippen LogP contribution in [0.5, 0.6) is 0 Å². The molecule has 0 saturated carbocycles. The van der Waals surface area contributed by atoms with Crippen LogP contribution in [0.4, 0.5) is 0 Å². The molecule has 1 aliphatic rings. The number of rotatable bonds is 1. The molecule has 0 N–H and O–H groups in total. The standard InChI is InChI=1S/C20H13N4S/c1-2-7-14(8-3-1)24-15-9-5-11-22-17(15)18-19(24)23-12-13-6-4-10-21-16(13)20(23)25-18/h1-11H,12H2/q+1. The highest BCUT2D eigenvalue weighted by molar-refractivity contribution is 7.22. The van der Waals surface area contributed by atoms with Gasteiger partial charge in [-0.1, -0.05) is 35.6 Å². The van der Waals surface area contributed by atoms with E-state index in [9.17, 15) is 0 Å². The van der Waals surface area contributed by atoms with E-state index in [0.717, 1.165) is 29.0 Å². The van der Waals surface area contributed by atoms with Crippen molar-refractivity contribution in [3.05, 3.63) is 72.6 Å². The zero-order chi connectivity index (χ0) is 16.4. The zero-order valence-electron chi connectivity index (χ0n) is 13.3. The molecule has 0 aliphatic carbocycles. The van der Waals surface area contributed by atoms with Crippen molar-refractivity contribution in [2.75, 3.05) is 0 Å². The van der Waals surface area contributed by atoms with E-state index in [1.807, 2.05) is 24.5 Å². The number of hydrogen-bond acceptors (Lipinski definition) is 3. The Bertz CT molecular complexity index is 1270. The van der Waals surface area contributed by atoms with E-state index < -0.39 is 0 Å². The van der Waals surface area contributed by atoms with Crippen LogP contribution >= 0.6 is 11.3 Å². The summed E-state index contributed by atoms with van der Waals surface area (Å²) in [5.41, 5.74) is 6.96. The Kier molecular flexibility index (Phi) is 2.51. The molecule has 0 amide bonds. The first-order chi connectivity index (χ1) is 12.4. The zero-order valence-corrected chi connectivity index (χ0v) is 14.1. The molecular formula is C20H13N4S+. The molecule has 4 aromatic heterocycles. The number of aromatic nitrogens is 4. The van der Waals surface area contributed by atoms with Crippen LogP contribution in [-0.4, -0.2) is 14.5 Å². The summed E-state index contributed by atoms with van der Waals surface area (Å²) < 4.78 is 5.93. The molecule has 0 radical (unpaired) electrons. The minimum absolute atomic E-state index is 0.863. The highest BCUT2D eigenvalue weighted by Crippen LogP contribution is 2.39. The molecule has 0 spiro atoms. The second kappa shape index (κ2) is 4.74. The summed E-state index contributed by atoms with van der Waals surface area (Å²) in [5.74, 6) is 0. The van der Waals surface area contributed by atoms with Crippen LogP contribution in [0, 0.1) is 0 Å². The van der Waals surface area contributed by atoms with Crippen molar-refractivity contribution < 1.29 is 4.57 Å². The Morgan fingerprint density at radius 1 is 0.920 bits per heavy atom. The lowest BCUT2D eigenvalue weighted by atomic mass is 10.2. The molecule has 5 heteroatoms. The fraction of sp³-hybridized carbons (Fsp3) is 0.0500. The molecule has 1 aromatic carbocycles. The molecule has 0 unspecified atom stereocenters. The number of para-hydroxylation sites is 1.